The van der Waals surface area contributed by atoms with E-state index < -0.39 is 0 Å². The molecule has 116 valence electrons. The first-order chi connectivity index (χ1) is 10.2. The molecule has 1 unspecified atom stereocenters. The van der Waals surface area contributed by atoms with E-state index in [0.717, 1.165) is 25.1 Å². The Hall–Kier alpha value is -1.26. The Bertz CT molecular complexity index is 473. The van der Waals surface area contributed by atoms with Crippen LogP contribution in [-0.4, -0.2) is 26.1 Å². The van der Waals surface area contributed by atoms with Crippen LogP contribution in [0.5, 0.6) is 5.75 Å². The Labute approximate surface area is 131 Å². The zero-order valence-electron chi connectivity index (χ0n) is 12.5. The van der Waals surface area contributed by atoms with Crippen LogP contribution in [0.4, 0.5) is 0 Å². The Morgan fingerprint density at radius 1 is 1.52 bits per heavy atom. The van der Waals surface area contributed by atoms with Gasteiger partial charge in [0, 0.05) is 23.6 Å². The van der Waals surface area contributed by atoms with Crippen LogP contribution in [-0.2, 0) is 11.3 Å². The van der Waals surface area contributed by atoms with Gasteiger partial charge in [0.15, 0.2) is 0 Å². The summed E-state index contributed by atoms with van der Waals surface area (Å²) >= 11 is 6.15. The number of carbonyl (C=O) groups excluding carboxylic acids is 1. The number of benzene rings is 1. The third-order valence-corrected chi connectivity index (χ3v) is 4.29. The van der Waals surface area contributed by atoms with Crippen LogP contribution >= 0.6 is 11.6 Å². The molecule has 0 aromatic heterocycles. The number of piperidine rings is 1. The lowest BCUT2D eigenvalue weighted by Gasteiger charge is -2.22. The molecule has 0 bridgehead atoms. The number of hydrogen-bond acceptors (Lipinski definition) is 3. The maximum atomic E-state index is 12.0. The van der Waals surface area contributed by atoms with Gasteiger partial charge in [-0.15, -0.1) is 0 Å². The van der Waals surface area contributed by atoms with Crippen molar-refractivity contribution >= 4 is 17.5 Å². The molecule has 4 nitrogen and oxygen atoms in total. The molecule has 5 heteroatoms. The van der Waals surface area contributed by atoms with Gasteiger partial charge in [0.05, 0.1) is 7.11 Å². The molecule has 0 saturated carbocycles. The number of ether oxygens (including phenoxy) is 1. The van der Waals surface area contributed by atoms with E-state index in [-0.39, 0.29) is 5.91 Å². The first-order valence-electron chi connectivity index (χ1n) is 7.49. The van der Waals surface area contributed by atoms with Crippen LogP contribution < -0.4 is 15.4 Å². The lowest BCUT2D eigenvalue weighted by Crippen LogP contribution is -2.31. The predicted octanol–water partition coefficient (Wildman–Crippen LogP) is 2.74. The van der Waals surface area contributed by atoms with Crippen molar-refractivity contribution in [2.24, 2.45) is 5.92 Å². The number of amides is 1. The van der Waals surface area contributed by atoms with Crippen molar-refractivity contribution in [1.29, 1.82) is 0 Å². The zero-order valence-corrected chi connectivity index (χ0v) is 13.2. The van der Waals surface area contributed by atoms with E-state index >= 15 is 0 Å². The summed E-state index contributed by atoms with van der Waals surface area (Å²) in [5, 5.41) is 6.92. The largest absolute Gasteiger partial charge is 0.496 e. The van der Waals surface area contributed by atoms with Crippen molar-refractivity contribution in [2.75, 3.05) is 20.2 Å². The van der Waals surface area contributed by atoms with E-state index in [1.807, 2.05) is 12.1 Å². The van der Waals surface area contributed by atoms with E-state index in [1.165, 1.54) is 12.8 Å². The van der Waals surface area contributed by atoms with Gasteiger partial charge in [-0.1, -0.05) is 17.7 Å². The molecule has 0 spiro atoms. The predicted molar refractivity (Wildman–Crippen MR) is 84.7 cm³/mol. The molecule has 21 heavy (non-hydrogen) atoms. The van der Waals surface area contributed by atoms with Gasteiger partial charge in [0.25, 0.3) is 0 Å². The summed E-state index contributed by atoms with van der Waals surface area (Å²) in [4.78, 5) is 12.0. The average Bonchev–Trinajstić information content (AvgIpc) is 2.52. The SMILES string of the molecule is COc1cccc(Cl)c1CNC(=O)CCC1CCCNC1. The van der Waals surface area contributed by atoms with Gasteiger partial charge in [-0.2, -0.15) is 0 Å². The second-order valence-corrected chi connectivity index (χ2v) is 5.86. The molecular weight excluding hydrogens is 288 g/mol. The van der Waals surface area contributed by atoms with E-state index in [2.05, 4.69) is 10.6 Å². The van der Waals surface area contributed by atoms with E-state index in [0.29, 0.717) is 29.7 Å². The Morgan fingerprint density at radius 3 is 3.10 bits per heavy atom. The highest BCUT2D eigenvalue weighted by molar-refractivity contribution is 6.31. The molecule has 0 aliphatic carbocycles. The molecule has 1 aliphatic rings. The number of hydrogen-bond donors (Lipinski definition) is 2. The lowest BCUT2D eigenvalue weighted by atomic mass is 9.94. The number of halogens is 1. The fourth-order valence-corrected chi connectivity index (χ4v) is 2.92. The molecule has 1 fully saturated rings. The van der Waals surface area contributed by atoms with E-state index in [1.54, 1.807) is 13.2 Å². The fourth-order valence-electron chi connectivity index (χ4n) is 2.68. The van der Waals surface area contributed by atoms with Crippen molar-refractivity contribution in [3.63, 3.8) is 0 Å². The first-order valence-corrected chi connectivity index (χ1v) is 7.87. The maximum absolute atomic E-state index is 12.0. The second-order valence-electron chi connectivity index (χ2n) is 5.45. The van der Waals surface area contributed by atoms with Crippen LogP contribution in [0, 0.1) is 5.92 Å². The Balaban J connectivity index is 1.78. The lowest BCUT2D eigenvalue weighted by molar-refractivity contribution is -0.121. The minimum absolute atomic E-state index is 0.0718. The van der Waals surface area contributed by atoms with Gasteiger partial charge >= 0.3 is 0 Å². The molecule has 2 rings (SSSR count). The van der Waals surface area contributed by atoms with Gasteiger partial charge in [-0.05, 0) is 50.4 Å². The second kappa shape index (κ2) is 8.25. The van der Waals surface area contributed by atoms with Crippen LogP contribution in [0.3, 0.4) is 0 Å². The van der Waals surface area contributed by atoms with Crippen LogP contribution in [0.2, 0.25) is 5.02 Å². The van der Waals surface area contributed by atoms with Crippen molar-refractivity contribution in [3.05, 3.63) is 28.8 Å². The first kappa shape index (κ1) is 16.1. The number of nitrogens with one attached hydrogen (secondary N) is 2. The Morgan fingerprint density at radius 2 is 2.38 bits per heavy atom. The normalized spacial score (nSPS) is 18.3. The van der Waals surface area contributed by atoms with Gasteiger partial charge < -0.3 is 15.4 Å². The highest BCUT2D eigenvalue weighted by atomic mass is 35.5. The van der Waals surface area contributed by atoms with Crippen molar-refractivity contribution < 1.29 is 9.53 Å². The number of methoxy groups -OCH3 is 1. The van der Waals surface area contributed by atoms with Crippen molar-refractivity contribution in [3.8, 4) is 5.75 Å². The molecule has 2 N–H and O–H groups in total. The van der Waals surface area contributed by atoms with Gasteiger partial charge in [-0.25, -0.2) is 0 Å². The molecule has 0 radical (unpaired) electrons. The van der Waals surface area contributed by atoms with Crippen LogP contribution in [0.15, 0.2) is 18.2 Å². The summed E-state index contributed by atoms with van der Waals surface area (Å²) in [5.74, 6) is 1.40. The summed E-state index contributed by atoms with van der Waals surface area (Å²) < 4.78 is 5.27. The van der Waals surface area contributed by atoms with Crippen LogP contribution in [0.25, 0.3) is 0 Å². The summed E-state index contributed by atoms with van der Waals surface area (Å²) in [6.07, 6.45) is 3.94. The number of rotatable bonds is 6. The minimum atomic E-state index is 0.0718. The maximum Gasteiger partial charge on any atom is 0.220 e. The third-order valence-electron chi connectivity index (χ3n) is 3.94. The van der Waals surface area contributed by atoms with Gasteiger partial charge in [0.1, 0.15) is 5.75 Å². The highest BCUT2D eigenvalue weighted by Crippen LogP contribution is 2.26. The molecule has 1 heterocycles. The molecule has 1 aromatic rings. The zero-order chi connectivity index (χ0) is 15.1. The summed E-state index contributed by atoms with van der Waals surface area (Å²) in [7, 11) is 1.60. The van der Waals surface area contributed by atoms with Crippen molar-refractivity contribution in [2.45, 2.75) is 32.2 Å². The molecular formula is C16H23ClN2O2. The standard InChI is InChI=1S/C16H23ClN2O2/c1-21-15-6-2-5-14(17)13(15)11-19-16(20)8-7-12-4-3-9-18-10-12/h2,5-6,12,18H,3-4,7-11H2,1H3,(H,19,20). The topological polar surface area (TPSA) is 50.4 Å². The quantitative estimate of drug-likeness (QED) is 0.849. The van der Waals surface area contributed by atoms with Gasteiger partial charge in [-0.3, -0.25) is 4.79 Å². The summed E-state index contributed by atoms with van der Waals surface area (Å²) in [6, 6.07) is 5.49. The third kappa shape index (κ3) is 4.90. The van der Waals surface area contributed by atoms with Gasteiger partial charge in [0.2, 0.25) is 5.91 Å². The monoisotopic (exact) mass is 310 g/mol. The minimum Gasteiger partial charge on any atom is -0.496 e. The average molecular weight is 311 g/mol. The molecule has 1 saturated heterocycles. The molecule has 1 aliphatic heterocycles. The smallest absolute Gasteiger partial charge is 0.220 e. The van der Waals surface area contributed by atoms with Crippen LogP contribution in [0.1, 0.15) is 31.2 Å². The Kier molecular flexibility index (Phi) is 6.33. The molecule has 1 aromatic carbocycles. The van der Waals surface area contributed by atoms with Crippen molar-refractivity contribution in [1.82, 2.24) is 10.6 Å². The highest BCUT2D eigenvalue weighted by Gasteiger charge is 2.15. The fraction of sp³-hybridized carbons (Fsp3) is 0.562. The van der Waals surface area contributed by atoms with E-state index in [4.69, 9.17) is 16.3 Å². The molecule has 1 atom stereocenters. The van der Waals surface area contributed by atoms with E-state index in [9.17, 15) is 4.79 Å². The molecule has 1 amide bonds. The number of carbonyl (C=O) groups is 1. The summed E-state index contributed by atoms with van der Waals surface area (Å²) in [5.41, 5.74) is 0.828. The summed E-state index contributed by atoms with van der Waals surface area (Å²) in [6.45, 7) is 2.55.